The van der Waals surface area contributed by atoms with Gasteiger partial charge in [-0.1, -0.05) is 25.1 Å². The van der Waals surface area contributed by atoms with E-state index >= 15 is 0 Å². The molecule has 2 amide bonds. The summed E-state index contributed by atoms with van der Waals surface area (Å²) in [6.07, 6.45) is -3.85. The molecular formula is C16H17F3N2O2. The van der Waals surface area contributed by atoms with Crippen molar-refractivity contribution in [3.63, 3.8) is 0 Å². The predicted molar refractivity (Wildman–Crippen MR) is 76.2 cm³/mol. The molecule has 3 rings (SSSR count). The van der Waals surface area contributed by atoms with Crippen LogP contribution in [0.1, 0.15) is 30.5 Å². The Bertz CT molecular complexity index is 644. The zero-order valence-corrected chi connectivity index (χ0v) is 12.6. The van der Waals surface area contributed by atoms with Crippen LogP contribution >= 0.6 is 0 Å². The summed E-state index contributed by atoms with van der Waals surface area (Å²) in [5.74, 6) is -0.739. The third kappa shape index (κ3) is 2.92. The zero-order valence-electron chi connectivity index (χ0n) is 12.6. The predicted octanol–water partition coefficient (Wildman–Crippen LogP) is 2.36. The summed E-state index contributed by atoms with van der Waals surface area (Å²) in [4.78, 5) is 26.1. The summed E-state index contributed by atoms with van der Waals surface area (Å²) >= 11 is 0. The molecule has 1 aromatic carbocycles. The van der Waals surface area contributed by atoms with E-state index in [1.54, 1.807) is 0 Å². The molecule has 4 nitrogen and oxygen atoms in total. The first kappa shape index (κ1) is 15.8. The summed E-state index contributed by atoms with van der Waals surface area (Å²) < 4.78 is 39.8. The fourth-order valence-electron chi connectivity index (χ4n) is 3.09. The molecule has 1 saturated carbocycles. The van der Waals surface area contributed by atoms with Gasteiger partial charge < -0.3 is 10.2 Å². The number of hydrogen-bond acceptors (Lipinski definition) is 2. The van der Waals surface area contributed by atoms with E-state index in [4.69, 9.17) is 0 Å². The van der Waals surface area contributed by atoms with Crippen LogP contribution < -0.4 is 5.32 Å². The molecule has 0 bridgehead atoms. The van der Waals surface area contributed by atoms with Crippen molar-refractivity contribution in [3.8, 4) is 0 Å². The first-order valence-electron chi connectivity index (χ1n) is 7.55. The lowest BCUT2D eigenvalue weighted by Crippen LogP contribution is -2.53. The first-order chi connectivity index (χ1) is 10.8. The molecule has 0 aromatic heterocycles. The highest BCUT2D eigenvalue weighted by Gasteiger charge is 2.47. The number of halogens is 3. The lowest BCUT2D eigenvalue weighted by molar-refractivity contribution is -0.147. The molecule has 0 unspecified atom stereocenters. The van der Waals surface area contributed by atoms with Gasteiger partial charge in [0.2, 0.25) is 11.8 Å². The second kappa shape index (κ2) is 5.54. The minimum absolute atomic E-state index is 0.168. The molecule has 1 heterocycles. The Morgan fingerprint density at radius 1 is 1.30 bits per heavy atom. The SMILES string of the molecule is C[C@@H]1C[C@H]1C(=O)N1CCNC(=O)[C@H]1c1ccccc1C(F)(F)F. The third-order valence-corrected chi connectivity index (χ3v) is 4.48. The summed E-state index contributed by atoms with van der Waals surface area (Å²) in [6, 6.07) is 3.73. The van der Waals surface area contributed by atoms with E-state index in [-0.39, 0.29) is 36.4 Å². The average Bonchev–Trinajstić information content (AvgIpc) is 3.22. The summed E-state index contributed by atoms with van der Waals surface area (Å²) in [5.41, 5.74) is -1.04. The average molecular weight is 326 g/mol. The molecule has 7 heteroatoms. The molecule has 1 N–H and O–H groups in total. The Kier molecular flexibility index (Phi) is 3.82. The number of nitrogens with one attached hydrogen (secondary N) is 1. The molecular weight excluding hydrogens is 309 g/mol. The third-order valence-electron chi connectivity index (χ3n) is 4.48. The van der Waals surface area contributed by atoms with Gasteiger partial charge in [0.15, 0.2) is 0 Å². The van der Waals surface area contributed by atoms with Gasteiger partial charge in [-0.2, -0.15) is 13.2 Å². The van der Waals surface area contributed by atoms with Crippen LogP contribution in [0.2, 0.25) is 0 Å². The van der Waals surface area contributed by atoms with Crippen LogP contribution in [0.3, 0.4) is 0 Å². The van der Waals surface area contributed by atoms with Gasteiger partial charge in [0.25, 0.3) is 0 Å². The second-order valence-electron chi connectivity index (χ2n) is 6.13. The van der Waals surface area contributed by atoms with Gasteiger partial charge in [0, 0.05) is 19.0 Å². The Hall–Kier alpha value is -2.05. The van der Waals surface area contributed by atoms with Crippen LogP contribution in [0.15, 0.2) is 24.3 Å². The number of alkyl halides is 3. The minimum Gasteiger partial charge on any atom is -0.352 e. The molecule has 1 saturated heterocycles. The fraction of sp³-hybridized carbons (Fsp3) is 0.500. The molecule has 2 fully saturated rings. The maximum Gasteiger partial charge on any atom is 0.416 e. The van der Waals surface area contributed by atoms with Crippen LogP contribution in [0.25, 0.3) is 0 Å². The van der Waals surface area contributed by atoms with Gasteiger partial charge in [0.05, 0.1) is 5.56 Å². The van der Waals surface area contributed by atoms with Crippen molar-refractivity contribution in [1.82, 2.24) is 10.2 Å². The molecule has 2 aliphatic rings. The molecule has 1 aliphatic heterocycles. The number of carbonyl (C=O) groups is 2. The van der Waals surface area contributed by atoms with E-state index in [2.05, 4.69) is 5.32 Å². The monoisotopic (exact) mass is 326 g/mol. The fourth-order valence-corrected chi connectivity index (χ4v) is 3.09. The lowest BCUT2D eigenvalue weighted by Gasteiger charge is -2.36. The summed E-state index contributed by atoms with van der Waals surface area (Å²) in [5, 5.41) is 2.56. The van der Waals surface area contributed by atoms with Gasteiger partial charge >= 0.3 is 6.18 Å². The topological polar surface area (TPSA) is 49.4 Å². The van der Waals surface area contributed by atoms with Gasteiger partial charge in [-0.3, -0.25) is 9.59 Å². The van der Waals surface area contributed by atoms with Gasteiger partial charge in [-0.25, -0.2) is 0 Å². The number of amides is 2. The van der Waals surface area contributed by atoms with E-state index in [9.17, 15) is 22.8 Å². The minimum atomic E-state index is -4.57. The summed E-state index contributed by atoms with van der Waals surface area (Å²) in [6.45, 7) is 2.41. The van der Waals surface area contributed by atoms with E-state index in [1.807, 2.05) is 6.92 Å². The van der Waals surface area contributed by atoms with Gasteiger partial charge in [0.1, 0.15) is 6.04 Å². The van der Waals surface area contributed by atoms with Crippen molar-refractivity contribution < 1.29 is 22.8 Å². The van der Waals surface area contributed by atoms with Crippen molar-refractivity contribution in [3.05, 3.63) is 35.4 Å². The summed E-state index contributed by atoms with van der Waals surface area (Å²) in [7, 11) is 0. The van der Waals surface area contributed by atoms with Crippen molar-refractivity contribution >= 4 is 11.8 Å². The highest BCUT2D eigenvalue weighted by atomic mass is 19.4. The number of carbonyl (C=O) groups excluding carboxylic acids is 2. The van der Waals surface area contributed by atoms with Gasteiger partial charge in [-0.15, -0.1) is 0 Å². The lowest BCUT2D eigenvalue weighted by atomic mass is 9.96. The van der Waals surface area contributed by atoms with Crippen LogP contribution in [-0.2, 0) is 15.8 Å². The van der Waals surface area contributed by atoms with Crippen LogP contribution in [0.4, 0.5) is 13.2 Å². The second-order valence-corrected chi connectivity index (χ2v) is 6.13. The molecule has 0 spiro atoms. The molecule has 1 aliphatic carbocycles. The Labute approximate surface area is 131 Å². The number of hydrogen-bond donors (Lipinski definition) is 1. The number of nitrogens with zero attached hydrogens (tertiary/aromatic N) is 1. The van der Waals surface area contributed by atoms with E-state index in [0.29, 0.717) is 0 Å². The quantitative estimate of drug-likeness (QED) is 0.907. The van der Waals surface area contributed by atoms with E-state index < -0.39 is 23.7 Å². The van der Waals surface area contributed by atoms with E-state index in [1.165, 1.54) is 23.1 Å². The normalized spacial score (nSPS) is 27.6. The van der Waals surface area contributed by atoms with Crippen molar-refractivity contribution in [1.29, 1.82) is 0 Å². The Morgan fingerprint density at radius 2 is 1.96 bits per heavy atom. The Balaban J connectivity index is 2.00. The smallest absolute Gasteiger partial charge is 0.352 e. The highest BCUT2D eigenvalue weighted by Crippen LogP contribution is 2.42. The molecule has 0 radical (unpaired) electrons. The largest absolute Gasteiger partial charge is 0.416 e. The number of benzene rings is 1. The zero-order chi connectivity index (χ0) is 16.8. The standard InChI is InChI=1S/C16H17F3N2O2/c1-9-8-11(9)15(23)21-7-6-20-14(22)13(21)10-4-2-3-5-12(10)16(17,18)19/h2-5,9,11,13H,6-8H2,1H3,(H,20,22)/t9-,11-,13-/m1/s1. The number of rotatable bonds is 2. The van der Waals surface area contributed by atoms with Crippen LogP contribution in [0.5, 0.6) is 0 Å². The van der Waals surface area contributed by atoms with Crippen molar-refractivity contribution in [2.24, 2.45) is 11.8 Å². The Morgan fingerprint density at radius 3 is 2.57 bits per heavy atom. The molecule has 3 atom stereocenters. The van der Waals surface area contributed by atoms with Crippen LogP contribution in [0, 0.1) is 11.8 Å². The maximum atomic E-state index is 13.3. The van der Waals surface area contributed by atoms with Gasteiger partial charge in [-0.05, 0) is 24.0 Å². The number of piperazine rings is 1. The maximum absolute atomic E-state index is 13.3. The van der Waals surface area contributed by atoms with Crippen molar-refractivity contribution in [2.45, 2.75) is 25.6 Å². The first-order valence-corrected chi connectivity index (χ1v) is 7.55. The molecule has 23 heavy (non-hydrogen) atoms. The van der Waals surface area contributed by atoms with E-state index in [0.717, 1.165) is 12.5 Å². The molecule has 1 aromatic rings. The highest BCUT2D eigenvalue weighted by molar-refractivity contribution is 5.91. The molecule has 124 valence electrons. The van der Waals surface area contributed by atoms with Crippen LogP contribution in [-0.4, -0.2) is 29.8 Å². The van der Waals surface area contributed by atoms with Crippen molar-refractivity contribution in [2.75, 3.05) is 13.1 Å².